The number of aromatic nitrogens is 1. The maximum atomic E-state index is 14.6. The molecule has 2 aliphatic rings. The van der Waals surface area contributed by atoms with Crippen LogP contribution in [0, 0.1) is 6.92 Å². The van der Waals surface area contributed by atoms with E-state index in [0.29, 0.717) is 18.1 Å². The van der Waals surface area contributed by atoms with Gasteiger partial charge in [0, 0.05) is 63.2 Å². The number of aromatic amines is 1. The fraction of sp³-hybridized carbons (Fsp3) is 0.353. The van der Waals surface area contributed by atoms with Crippen LogP contribution in [0.1, 0.15) is 35.6 Å². The number of carbonyl (C=O) groups excluding carboxylic acids is 2. The van der Waals surface area contributed by atoms with Gasteiger partial charge in [0.05, 0.1) is 25.7 Å². The Morgan fingerprint density at radius 3 is 2.61 bits per heavy atom. The highest BCUT2D eigenvalue weighted by Gasteiger charge is 2.58. The fourth-order valence-corrected chi connectivity index (χ4v) is 8.10. The van der Waals surface area contributed by atoms with Crippen molar-refractivity contribution in [3.63, 3.8) is 0 Å². The lowest BCUT2D eigenvalue weighted by molar-refractivity contribution is -0.129. The highest BCUT2D eigenvalue weighted by Crippen LogP contribution is 2.54. The van der Waals surface area contributed by atoms with Crippen molar-refractivity contribution < 1.29 is 14.3 Å². The van der Waals surface area contributed by atoms with E-state index in [-0.39, 0.29) is 18.2 Å². The van der Waals surface area contributed by atoms with Gasteiger partial charge in [-0.1, -0.05) is 63.4 Å². The van der Waals surface area contributed by atoms with E-state index in [1.165, 1.54) is 11.8 Å². The van der Waals surface area contributed by atoms with Crippen LogP contribution in [0.2, 0.25) is 5.02 Å². The summed E-state index contributed by atoms with van der Waals surface area (Å²) in [5.74, 6) is -0.173. The molecule has 0 bridgehead atoms. The minimum Gasteiger partial charge on any atom is -0.379 e. The number of benzene rings is 3. The average molecular weight is 696 g/mol. The Labute approximate surface area is 275 Å². The molecule has 2 amide bonds. The topological polar surface area (TPSA) is 77.7 Å². The van der Waals surface area contributed by atoms with Crippen LogP contribution in [-0.4, -0.2) is 70.7 Å². The van der Waals surface area contributed by atoms with E-state index in [9.17, 15) is 9.59 Å². The fourth-order valence-electron chi connectivity index (χ4n) is 6.19. The third kappa shape index (κ3) is 6.72. The van der Waals surface area contributed by atoms with Crippen LogP contribution in [0.5, 0.6) is 0 Å². The van der Waals surface area contributed by atoms with Crippen LogP contribution >= 0.6 is 39.3 Å². The van der Waals surface area contributed by atoms with Crippen molar-refractivity contribution in [2.45, 2.75) is 42.0 Å². The number of halogens is 2. The molecule has 44 heavy (non-hydrogen) atoms. The minimum absolute atomic E-state index is 0.0560. The van der Waals surface area contributed by atoms with Crippen molar-refractivity contribution in [3.05, 3.63) is 99.1 Å². The molecule has 0 spiro atoms. The zero-order valence-electron chi connectivity index (χ0n) is 24.7. The Kier molecular flexibility index (Phi) is 9.68. The quantitative estimate of drug-likeness (QED) is 0.180. The first kappa shape index (κ1) is 31.2. The number of rotatable bonds is 10. The maximum Gasteiger partial charge on any atom is 0.239 e. The number of nitrogens with one attached hydrogen (secondary N) is 2. The largest absolute Gasteiger partial charge is 0.379 e. The molecule has 0 saturated carbocycles. The van der Waals surface area contributed by atoms with Crippen LogP contribution < -0.4 is 5.32 Å². The zero-order chi connectivity index (χ0) is 30.7. The first-order valence-electron chi connectivity index (χ1n) is 15.0. The van der Waals surface area contributed by atoms with Gasteiger partial charge in [-0.3, -0.25) is 14.5 Å². The van der Waals surface area contributed by atoms with Crippen molar-refractivity contribution in [2.75, 3.05) is 39.4 Å². The van der Waals surface area contributed by atoms with E-state index in [4.69, 9.17) is 16.3 Å². The first-order chi connectivity index (χ1) is 21.3. The standard InChI is InChI=1S/C34H36BrClN4O3S/c1-23-3-10-27(11-4-23)44-34(33(42)37-13-2-14-39-15-17-43-18-16-39)20-31(41)40(22-24-5-8-26(36)9-6-24)32(34)29-21-38-30-19-25(35)7-12-28(29)30/h3-12,19,21,32,38H,2,13-18,20,22H2,1H3,(H,37,42)/t32-,34-/m0/s1. The molecule has 7 nitrogen and oxygen atoms in total. The molecule has 0 unspecified atom stereocenters. The number of morpholine rings is 1. The van der Waals surface area contributed by atoms with Gasteiger partial charge < -0.3 is 19.9 Å². The van der Waals surface area contributed by atoms with Crippen molar-refractivity contribution in [3.8, 4) is 0 Å². The van der Waals surface area contributed by atoms with Crippen LogP contribution in [0.15, 0.2) is 82.3 Å². The third-order valence-corrected chi connectivity index (χ3v) is 10.6. The molecule has 10 heteroatoms. The number of fused-ring (bicyclic) bond motifs is 1. The zero-order valence-corrected chi connectivity index (χ0v) is 27.8. The van der Waals surface area contributed by atoms with E-state index in [1.54, 1.807) is 0 Å². The number of hydrogen-bond donors (Lipinski definition) is 2. The first-order valence-corrected chi connectivity index (χ1v) is 17.0. The summed E-state index contributed by atoms with van der Waals surface area (Å²) in [6, 6.07) is 21.3. The van der Waals surface area contributed by atoms with Gasteiger partial charge in [0.25, 0.3) is 0 Å². The Morgan fingerprint density at radius 1 is 1.11 bits per heavy atom. The molecular formula is C34H36BrClN4O3S. The number of thioether (sulfide) groups is 1. The van der Waals surface area contributed by atoms with Crippen LogP contribution in [0.3, 0.4) is 0 Å². The van der Waals surface area contributed by atoms with Gasteiger partial charge in [-0.2, -0.15) is 0 Å². The normalized spacial score (nSPS) is 20.8. The van der Waals surface area contributed by atoms with Gasteiger partial charge in [-0.25, -0.2) is 0 Å². The summed E-state index contributed by atoms with van der Waals surface area (Å²) in [7, 11) is 0. The van der Waals surface area contributed by atoms with Gasteiger partial charge in [0.1, 0.15) is 4.75 Å². The second-order valence-electron chi connectivity index (χ2n) is 11.5. The van der Waals surface area contributed by atoms with E-state index in [0.717, 1.165) is 76.2 Å². The van der Waals surface area contributed by atoms with Crippen molar-refractivity contribution in [1.29, 1.82) is 0 Å². The molecule has 6 rings (SSSR count). The highest BCUT2D eigenvalue weighted by atomic mass is 79.9. The summed E-state index contributed by atoms with van der Waals surface area (Å²) in [6.45, 7) is 7.15. The Hall–Kier alpha value is -2.82. The summed E-state index contributed by atoms with van der Waals surface area (Å²) in [6.07, 6.45) is 2.87. The number of ether oxygens (including phenoxy) is 1. The molecule has 4 aromatic rings. The number of likely N-dealkylation sites (tertiary alicyclic amines) is 1. The van der Waals surface area contributed by atoms with Gasteiger partial charge in [-0.05, 0) is 61.9 Å². The third-order valence-electron chi connectivity index (χ3n) is 8.47. The SMILES string of the molecule is Cc1ccc(S[C@@]2(C(=O)NCCCN3CCOCC3)CC(=O)N(Cc3ccc(Cl)cc3)[C@H]2c2c[nH]c3cc(Br)ccc23)cc1. The molecule has 3 aromatic carbocycles. The van der Waals surface area contributed by atoms with Crippen LogP contribution in [0.25, 0.3) is 10.9 Å². The monoisotopic (exact) mass is 694 g/mol. The van der Waals surface area contributed by atoms with Gasteiger partial charge in [0.15, 0.2) is 0 Å². The van der Waals surface area contributed by atoms with Crippen molar-refractivity contribution in [1.82, 2.24) is 20.1 Å². The summed E-state index contributed by atoms with van der Waals surface area (Å²) < 4.78 is 5.34. The lowest BCUT2D eigenvalue weighted by atomic mass is 9.91. The lowest BCUT2D eigenvalue weighted by Gasteiger charge is -2.36. The summed E-state index contributed by atoms with van der Waals surface area (Å²) in [5.41, 5.74) is 3.97. The van der Waals surface area contributed by atoms with Crippen molar-refractivity contribution >= 4 is 62.0 Å². The summed E-state index contributed by atoms with van der Waals surface area (Å²) >= 11 is 11.3. The number of hydrogen-bond acceptors (Lipinski definition) is 5. The Morgan fingerprint density at radius 2 is 1.86 bits per heavy atom. The predicted octanol–water partition coefficient (Wildman–Crippen LogP) is 6.74. The molecule has 2 saturated heterocycles. The number of H-pyrrole nitrogens is 1. The molecule has 0 aliphatic carbocycles. The number of nitrogens with zero attached hydrogens (tertiary/aromatic N) is 2. The average Bonchev–Trinajstić information content (AvgIpc) is 3.55. The Bertz CT molecular complexity index is 1620. The summed E-state index contributed by atoms with van der Waals surface area (Å²) in [4.78, 5) is 37.3. The smallest absolute Gasteiger partial charge is 0.239 e. The van der Waals surface area contributed by atoms with E-state index in [2.05, 4.69) is 49.3 Å². The molecule has 2 aliphatic heterocycles. The summed E-state index contributed by atoms with van der Waals surface area (Å²) in [5, 5.41) is 4.90. The molecule has 230 valence electrons. The predicted molar refractivity (Wildman–Crippen MR) is 180 cm³/mol. The highest BCUT2D eigenvalue weighted by molar-refractivity contribution is 9.10. The molecule has 1 aromatic heterocycles. The van der Waals surface area contributed by atoms with Crippen LogP contribution in [-0.2, 0) is 20.9 Å². The molecule has 0 radical (unpaired) electrons. The number of carbonyl (C=O) groups is 2. The lowest BCUT2D eigenvalue weighted by Crippen LogP contribution is -2.48. The molecule has 2 fully saturated rings. The van der Waals surface area contributed by atoms with Gasteiger partial charge >= 0.3 is 0 Å². The molecule has 2 atom stereocenters. The maximum absolute atomic E-state index is 14.6. The van der Waals surface area contributed by atoms with E-state index < -0.39 is 10.8 Å². The Balaban J connectivity index is 1.39. The van der Waals surface area contributed by atoms with Crippen LogP contribution in [0.4, 0.5) is 0 Å². The van der Waals surface area contributed by atoms with Gasteiger partial charge in [0.2, 0.25) is 11.8 Å². The number of amides is 2. The minimum atomic E-state index is -1.10. The second-order valence-corrected chi connectivity index (χ2v) is 14.3. The van der Waals surface area contributed by atoms with Crippen molar-refractivity contribution in [2.24, 2.45) is 0 Å². The number of aryl methyl sites for hydroxylation is 1. The second kappa shape index (κ2) is 13.7. The molecule has 2 N–H and O–H groups in total. The molecule has 3 heterocycles. The van der Waals surface area contributed by atoms with Gasteiger partial charge in [-0.15, -0.1) is 11.8 Å². The van der Waals surface area contributed by atoms with E-state index >= 15 is 0 Å². The van der Waals surface area contributed by atoms with E-state index in [1.807, 2.05) is 66.6 Å². The molecular weight excluding hydrogens is 660 g/mol.